The van der Waals surface area contributed by atoms with Gasteiger partial charge in [0.15, 0.2) is 0 Å². The number of likely N-dealkylation sites (tertiary alicyclic amines) is 1. The van der Waals surface area contributed by atoms with Gasteiger partial charge in [-0.1, -0.05) is 34.6 Å². The fourth-order valence-corrected chi connectivity index (χ4v) is 3.86. The Morgan fingerprint density at radius 1 is 1.08 bits per heavy atom. The molecule has 6 nitrogen and oxygen atoms in total. The maximum atomic E-state index is 12.6. The molecule has 2 rings (SSSR count). The van der Waals surface area contributed by atoms with Gasteiger partial charge in [-0.25, -0.2) is 0 Å². The molecule has 2 aliphatic heterocycles. The van der Waals surface area contributed by atoms with E-state index in [4.69, 9.17) is 4.74 Å². The van der Waals surface area contributed by atoms with Crippen LogP contribution >= 0.6 is 0 Å². The summed E-state index contributed by atoms with van der Waals surface area (Å²) in [7, 11) is 0. The largest absolute Gasteiger partial charge is 0.379 e. The molecule has 1 atom stereocenters. The molecular formula is C20H37N3O3. The summed E-state index contributed by atoms with van der Waals surface area (Å²) in [6.45, 7) is 15.8. The molecule has 0 aliphatic carbocycles. The molecule has 0 saturated carbocycles. The molecule has 2 aliphatic rings. The van der Waals surface area contributed by atoms with Gasteiger partial charge in [-0.2, -0.15) is 0 Å². The number of morpholine rings is 1. The fourth-order valence-electron chi connectivity index (χ4n) is 3.86. The molecule has 0 radical (unpaired) electrons. The van der Waals surface area contributed by atoms with E-state index in [2.05, 4.69) is 24.1 Å². The third-order valence-electron chi connectivity index (χ3n) is 5.56. The minimum absolute atomic E-state index is 0.0246. The van der Waals surface area contributed by atoms with Gasteiger partial charge in [0.05, 0.1) is 13.2 Å². The number of carbonyl (C=O) groups is 2. The molecule has 6 heteroatoms. The van der Waals surface area contributed by atoms with Crippen molar-refractivity contribution in [2.24, 2.45) is 17.3 Å². The van der Waals surface area contributed by atoms with E-state index in [0.29, 0.717) is 31.6 Å². The van der Waals surface area contributed by atoms with Crippen molar-refractivity contribution in [2.75, 3.05) is 45.9 Å². The standard InChI is InChI=1S/C20H37N3O3/c1-15(2)17(22-10-12-26-13-11-22)14-21-18(24)16-6-8-23(9-7-16)19(25)20(3,4)5/h15-17H,6-14H2,1-5H3,(H,21,24). The average Bonchev–Trinajstić information content (AvgIpc) is 2.61. The van der Waals surface area contributed by atoms with Crippen LogP contribution in [0.25, 0.3) is 0 Å². The highest BCUT2D eigenvalue weighted by Gasteiger charge is 2.33. The zero-order valence-electron chi connectivity index (χ0n) is 17.2. The monoisotopic (exact) mass is 367 g/mol. The number of ether oxygens (including phenoxy) is 1. The van der Waals surface area contributed by atoms with E-state index >= 15 is 0 Å². The van der Waals surface area contributed by atoms with Crippen LogP contribution in [0.5, 0.6) is 0 Å². The van der Waals surface area contributed by atoms with Gasteiger partial charge in [0.2, 0.25) is 11.8 Å². The van der Waals surface area contributed by atoms with Crippen LogP contribution in [-0.4, -0.2) is 73.6 Å². The number of amides is 2. The Hall–Kier alpha value is -1.14. The molecule has 2 saturated heterocycles. The van der Waals surface area contributed by atoms with Crippen molar-refractivity contribution in [1.29, 1.82) is 0 Å². The fraction of sp³-hybridized carbons (Fsp3) is 0.900. The van der Waals surface area contributed by atoms with Crippen molar-refractivity contribution >= 4 is 11.8 Å². The second-order valence-corrected chi connectivity index (χ2v) is 9.02. The Labute approximate surface area is 158 Å². The van der Waals surface area contributed by atoms with Crippen molar-refractivity contribution in [3.05, 3.63) is 0 Å². The van der Waals surface area contributed by atoms with Crippen molar-refractivity contribution in [1.82, 2.24) is 15.1 Å². The van der Waals surface area contributed by atoms with Gasteiger partial charge in [-0.15, -0.1) is 0 Å². The van der Waals surface area contributed by atoms with E-state index in [1.807, 2.05) is 25.7 Å². The molecule has 0 aromatic rings. The lowest BCUT2D eigenvalue weighted by Gasteiger charge is -2.38. The van der Waals surface area contributed by atoms with E-state index in [-0.39, 0.29) is 23.1 Å². The van der Waals surface area contributed by atoms with Gasteiger partial charge in [0.1, 0.15) is 0 Å². The molecule has 150 valence electrons. The molecule has 2 fully saturated rings. The van der Waals surface area contributed by atoms with E-state index < -0.39 is 0 Å². The minimum Gasteiger partial charge on any atom is -0.379 e. The van der Waals surface area contributed by atoms with E-state index in [9.17, 15) is 9.59 Å². The highest BCUT2D eigenvalue weighted by Crippen LogP contribution is 2.23. The number of nitrogens with one attached hydrogen (secondary N) is 1. The predicted octanol–water partition coefficient (Wildman–Crippen LogP) is 1.74. The Morgan fingerprint density at radius 2 is 1.65 bits per heavy atom. The second-order valence-electron chi connectivity index (χ2n) is 9.02. The van der Waals surface area contributed by atoms with Crippen LogP contribution in [0.3, 0.4) is 0 Å². The van der Waals surface area contributed by atoms with Crippen LogP contribution in [0.15, 0.2) is 0 Å². The SMILES string of the molecule is CC(C)C(CNC(=O)C1CCN(C(=O)C(C)(C)C)CC1)N1CCOCC1. The molecular weight excluding hydrogens is 330 g/mol. The number of piperidine rings is 1. The summed E-state index contributed by atoms with van der Waals surface area (Å²) in [4.78, 5) is 29.3. The van der Waals surface area contributed by atoms with Crippen molar-refractivity contribution < 1.29 is 14.3 Å². The van der Waals surface area contributed by atoms with Gasteiger partial charge < -0.3 is 15.0 Å². The van der Waals surface area contributed by atoms with Crippen LogP contribution in [0.4, 0.5) is 0 Å². The summed E-state index contributed by atoms with van der Waals surface area (Å²) >= 11 is 0. The van der Waals surface area contributed by atoms with Gasteiger partial charge in [-0.3, -0.25) is 14.5 Å². The molecule has 1 N–H and O–H groups in total. The Morgan fingerprint density at radius 3 is 2.15 bits per heavy atom. The number of hydrogen-bond acceptors (Lipinski definition) is 4. The van der Waals surface area contributed by atoms with Crippen LogP contribution < -0.4 is 5.32 Å². The summed E-state index contributed by atoms with van der Waals surface area (Å²) in [6, 6.07) is 0.352. The van der Waals surface area contributed by atoms with Crippen LogP contribution in [-0.2, 0) is 14.3 Å². The highest BCUT2D eigenvalue weighted by molar-refractivity contribution is 5.82. The van der Waals surface area contributed by atoms with Crippen molar-refractivity contribution in [3.63, 3.8) is 0 Å². The van der Waals surface area contributed by atoms with Crippen LogP contribution in [0.1, 0.15) is 47.5 Å². The summed E-state index contributed by atoms with van der Waals surface area (Å²) in [6.07, 6.45) is 1.52. The smallest absolute Gasteiger partial charge is 0.227 e. The zero-order chi connectivity index (χ0) is 19.3. The first kappa shape index (κ1) is 21.2. The summed E-state index contributed by atoms with van der Waals surface area (Å²) in [5, 5.41) is 3.18. The van der Waals surface area contributed by atoms with Crippen molar-refractivity contribution in [2.45, 2.75) is 53.5 Å². The van der Waals surface area contributed by atoms with Gasteiger partial charge >= 0.3 is 0 Å². The van der Waals surface area contributed by atoms with Gasteiger partial charge in [0, 0.05) is 50.1 Å². The molecule has 1 unspecified atom stereocenters. The first-order valence-corrected chi connectivity index (χ1v) is 10.1. The topological polar surface area (TPSA) is 61.9 Å². The maximum absolute atomic E-state index is 12.6. The number of rotatable bonds is 5. The molecule has 0 bridgehead atoms. The van der Waals surface area contributed by atoms with E-state index in [1.54, 1.807) is 0 Å². The predicted molar refractivity (Wildman–Crippen MR) is 103 cm³/mol. The lowest BCUT2D eigenvalue weighted by Crippen LogP contribution is -2.52. The third kappa shape index (κ3) is 5.68. The summed E-state index contributed by atoms with van der Waals surface area (Å²) in [5.74, 6) is 0.839. The highest BCUT2D eigenvalue weighted by atomic mass is 16.5. The zero-order valence-corrected chi connectivity index (χ0v) is 17.2. The number of carbonyl (C=O) groups excluding carboxylic acids is 2. The molecule has 2 amide bonds. The maximum Gasteiger partial charge on any atom is 0.227 e. The van der Waals surface area contributed by atoms with Gasteiger partial charge in [-0.05, 0) is 18.8 Å². The molecule has 2 heterocycles. The third-order valence-corrected chi connectivity index (χ3v) is 5.56. The molecule has 0 aromatic heterocycles. The lowest BCUT2D eigenvalue weighted by atomic mass is 9.90. The number of hydrogen-bond donors (Lipinski definition) is 1. The Balaban J connectivity index is 1.80. The minimum atomic E-state index is -0.349. The Kier molecular flexibility index (Phi) is 7.47. The van der Waals surface area contributed by atoms with Gasteiger partial charge in [0.25, 0.3) is 0 Å². The average molecular weight is 368 g/mol. The normalized spacial score (nSPS) is 21.7. The Bertz CT molecular complexity index is 473. The van der Waals surface area contributed by atoms with Crippen LogP contribution in [0.2, 0.25) is 0 Å². The summed E-state index contributed by atoms with van der Waals surface area (Å²) < 4.78 is 5.44. The van der Waals surface area contributed by atoms with E-state index in [0.717, 1.165) is 39.1 Å². The first-order valence-electron chi connectivity index (χ1n) is 10.1. The summed E-state index contributed by atoms with van der Waals surface area (Å²) in [5.41, 5.74) is -0.349. The second kappa shape index (κ2) is 9.18. The van der Waals surface area contributed by atoms with Crippen LogP contribution in [0, 0.1) is 17.3 Å². The molecule has 0 spiro atoms. The van der Waals surface area contributed by atoms with Crippen molar-refractivity contribution in [3.8, 4) is 0 Å². The van der Waals surface area contributed by atoms with E-state index in [1.165, 1.54) is 0 Å². The molecule has 26 heavy (non-hydrogen) atoms. The quantitative estimate of drug-likeness (QED) is 0.804. The first-order chi connectivity index (χ1) is 12.2. The lowest BCUT2D eigenvalue weighted by molar-refractivity contribution is -0.142. The molecule has 0 aromatic carbocycles. The number of nitrogens with zero attached hydrogens (tertiary/aromatic N) is 2.